The third kappa shape index (κ3) is 4.30. The van der Waals surface area contributed by atoms with E-state index >= 15 is 0 Å². The van der Waals surface area contributed by atoms with E-state index in [2.05, 4.69) is 0 Å². The molecule has 2 aromatic rings. The van der Waals surface area contributed by atoms with Gasteiger partial charge in [-0.15, -0.1) is 0 Å². The molecule has 0 aromatic heterocycles. The molecular weight excluding hydrogens is 381 g/mol. The Hall–Kier alpha value is -2.21. The summed E-state index contributed by atoms with van der Waals surface area (Å²) in [6.45, 7) is 0. The molecular formula is C17H11F6O2P. The predicted molar refractivity (Wildman–Crippen MR) is 82.4 cm³/mol. The molecule has 0 saturated carbocycles. The van der Waals surface area contributed by atoms with Crippen LogP contribution in [0, 0.1) is 0 Å². The van der Waals surface area contributed by atoms with E-state index in [4.69, 9.17) is 0 Å². The molecule has 2 aromatic carbocycles. The topological polar surface area (TPSA) is 34.1 Å². The van der Waals surface area contributed by atoms with E-state index in [1.54, 1.807) is 6.07 Å². The number of Topliss-reactive ketones (excluding diaryl/α,β-unsaturated/α-hetero) is 1. The fraction of sp³-hybridized carbons (Fsp3) is 0.235. The lowest BCUT2D eigenvalue weighted by Gasteiger charge is -2.21. The van der Waals surface area contributed by atoms with Crippen molar-refractivity contribution in [1.29, 1.82) is 0 Å². The Kier molecular flexibility index (Phi) is 5.86. The van der Waals surface area contributed by atoms with Gasteiger partial charge < -0.3 is 0 Å². The van der Waals surface area contributed by atoms with Crippen LogP contribution in [-0.4, -0.2) is 11.9 Å². The summed E-state index contributed by atoms with van der Waals surface area (Å²) in [5.41, 5.74) is -4.60. The van der Waals surface area contributed by atoms with Gasteiger partial charge >= 0.3 is 12.4 Å². The number of ketones is 1. The van der Waals surface area contributed by atoms with Gasteiger partial charge in [-0.2, -0.15) is 26.3 Å². The first kappa shape index (κ1) is 20.1. The number of hydrogen-bond donors (Lipinski definition) is 0. The average molecular weight is 392 g/mol. The Morgan fingerprint density at radius 3 is 1.77 bits per heavy atom. The van der Waals surface area contributed by atoms with Gasteiger partial charge in [0.1, 0.15) is 0 Å². The second-order valence-electron chi connectivity index (χ2n) is 5.36. The maximum atomic E-state index is 13.2. The molecule has 0 heterocycles. The van der Waals surface area contributed by atoms with E-state index in [-0.39, 0.29) is 5.56 Å². The zero-order chi connectivity index (χ0) is 19.5. The number of halogens is 6. The molecule has 1 unspecified atom stereocenters. The largest absolute Gasteiger partial charge is 0.417 e. The van der Waals surface area contributed by atoms with E-state index in [0.29, 0.717) is 18.2 Å². The molecule has 0 radical (unpaired) electrons. The van der Waals surface area contributed by atoms with Crippen molar-refractivity contribution in [2.45, 2.75) is 18.3 Å². The third-order valence-electron chi connectivity index (χ3n) is 3.70. The summed E-state index contributed by atoms with van der Waals surface area (Å²) in [7, 11) is -0.572. The molecule has 0 aliphatic heterocycles. The molecule has 0 amide bonds. The molecule has 0 spiro atoms. The number of rotatable bonds is 5. The second-order valence-corrected chi connectivity index (χ2v) is 5.99. The Morgan fingerprint density at radius 1 is 0.846 bits per heavy atom. The molecule has 2 nitrogen and oxygen atoms in total. The van der Waals surface area contributed by atoms with Crippen LogP contribution in [0.15, 0.2) is 48.5 Å². The standard InChI is InChI=1S/C17H11F6O2P/c18-16(19,20)12-7-4-8-13(17(21,22)23)14(12)15(24)11(9-26-25)10-5-2-1-3-6-10/h1-8,11H,9H2. The smallest absolute Gasteiger partial charge is 0.293 e. The van der Waals surface area contributed by atoms with Crippen molar-refractivity contribution < 1.29 is 35.7 Å². The molecule has 138 valence electrons. The summed E-state index contributed by atoms with van der Waals surface area (Å²) in [6, 6.07) is 8.78. The number of carbonyl (C=O) groups is 1. The highest BCUT2D eigenvalue weighted by Gasteiger charge is 2.44. The predicted octanol–water partition coefficient (Wildman–Crippen LogP) is 5.98. The highest BCUT2D eigenvalue weighted by Crippen LogP contribution is 2.41. The van der Waals surface area contributed by atoms with Gasteiger partial charge in [-0.25, -0.2) is 0 Å². The summed E-state index contributed by atoms with van der Waals surface area (Å²) in [5.74, 6) is -2.78. The van der Waals surface area contributed by atoms with Crippen LogP contribution in [0.2, 0.25) is 0 Å². The highest BCUT2D eigenvalue weighted by molar-refractivity contribution is 7.23. The van der Waals surface area contributed by atoms with Gasteiger partial charge in [0.05, 0.1) is 17.0 Å². The van der Waals surface area contributed by atoms with Crippen molar-refractivity contribution in [3.63, 3.8) is 0 Å². The van der Waals surface area contributed by atoms with Crippen molar-refractivity contribution in [2.24, 2.45) is 0 Å². The van der Waals surface area contributed by atoms with E-state index in [9.17, 15) is 35.7 Å². The monoisotopic (exact) mass is 392 g/mol. The molecule has 0 bridgehead atoms. The van der Waals surface area contributed by atoms with Gasteiger partial charge in [-0.1, -0.05) is 36.4 Å². The van der Waals surface area contributed by atoms with Gasteiger partial charge in [-0.3, -0.25) is 9.36 Å². The maximum absolute atomic E-state index is 13.2. The molecule has 0 aliphatic rings. The molecule has 0 N–H and O–H groups in total. The van der Waals surface area contributed by atoms with Crippen molar-refractivity contribution in [1.82, 2.24) is 0 Å². The quantitative estimate of drug-likeness (QED) is 0.356. The van der Waals surface area contributed by atoms with Crippen LogP contribution in [0.5, 0.6) is 0 Å². The zero-order valence-electron chi connectivity index (χ0n) is 12.9. The van der Waals surface area contributed by atoms with Crippen molar-refractivity contribution in [3.05, 3.63) is 70.8 Å². The van der Waals surface area contributed by atoms with E-state index < -0.39 is 55.4 Å². The average Bonchev–Trinajstić information content (AvgIpc) is 2.57. The van der Waals surface area contributed by atoms with Gasteiger partial charge in [0, 0.05) is 11.7 Å². The number of hydrogen-bond acceptors (Lipinski definition) is 2. The molecule has 26 heavy (non-hydrogen) atoms. The molecule has 1 atom stereocenters. The van der Waals surface area contributed by atoms with Gasteiger partial charge in [-0.05, 0) is 17.7 Å². The van der Waals surface area contributed by atoms with Crippen LogP contribution in [0.1, 0.15) is 33.0 Å². The fourth-order valence-electron chi connectivity index (χ4n) is 2.56. The summed E-state index contributed by atoms with van der Waals surface area (Å²) >= 11 is 0. The highest BCUT2D eigenvalue weighted by atomic mass is 31.1. The van der Waals surface area contributed by atoms with E-state index in [1.165, 1.54) is 24.3 Å². The first-order valence-electron chi connectivity index (χ1n) is 7.23. The second kappa shape index (κ2) is 7.58. The SMILES string of the molecule is O=PCC(C(=O)c1c(C(F)(F)F)cccc1C(F)(F)F)c1ccccc1. The first-order chi connectivity index (χ1) is 12.1. The number of carbonyl (C=O) groups excluding carboxylic acids is 1. The van der Waals surface area contributed by atoms with Crippen LogP contribution in [-0.2, 0) is 16.9 Å². The minimum atomic E-state index is -5.15. The number of benzene rings is 2. The first-order valence-corrected chi connectivity index (χ1v) is 8.22. The molecule has 9 heteroatoms. The Balaban J connectivity index is 2.71. The maximum Gasteiger partial charge on any atom is 0.417 e. The van der Waals surface area contributed by atoms with Gasteiger partial charge in [0.15, 0.2) is 14.2 Å². The summed E-state index contributed by atoms with van der Waals surface area (Å²) in [5, 5.41) is 0. The third-order valence-corrected chi connectivity index (χ3v) is 4.21. The summed E-state index contributed by atoms with van der Waals surface area (Å²) < 4.78 is 90.5. The summed E-state index contributed by atoms with van der Waals surface area (Å²) in [6.07, 6.45) is -10.7. The van der Waals surface area contributed by atoms with Crippen molar-refractivity contribution >= 4 is 14.2 Å². The summed E-state index contributed by atoms with van der Waals surface area (Å²) in [4.78, 5) is 12.7. The molecule has 2 rings (SSSR count). The van der Waals surface area contributed by atoms with E-state index in [0.717, 1.165) is 0 Å². The Morgan fingerprint density at radius 2 is 1.35 bits per heavy atom. The molecule has 0 aliphatic carbocycles. The van der Waals surface area contributed by atoms with Crippen LogP contribution in [0.4, 0.5) is 26.3 Å². The zero-order valence-corrected chi connectivity index (χ0v) is 13.8. The number of alkyl halides is 6. The normalized spacial score (nSPS) is 13.6. The van der Waals surface area contributed by atoms with Crippen LogP contribution in [0.25, 0.3) is 0 Å². The van der Waals surface area contributed by atoms with Gasteiger partial charge in [0.25, 0.3) is 0 Å². The van der Waals surface area contributed by atoms with Crippen LogP contribution < -0.4 is 0 Å². The van der Waals surface area contributed by atoms with Crippen molar-refractivity contribution in [2.75, 3.05) is 6.16 Å². The lowest BCUT2D eigenvalue weighted by molar-refractivity contribution is -0.143. The molecule has 0 fully saturated rings. The molecule has 0 saturated heterocycles. The van der Waals surface area contributed by atoms with Crippen LogP contribution >= 0.6 is 8.46 Å². The lowest BCUT2D eigenvalue weighted by Crippen LogP contribution is -2.24. The fourth-order valence-corrected chi connectivity index (χ4v) is 3.09. The van der Waals surface area contributed by atoms with Crippen molar-refractivity contribution in [3.8, 4) is 0 Å². The lowest BCUT2D eigenvalue weighted by atomic mass is 9.87. The Bertz CT molecular complexity index is 767. The Labute approximate surface area is 146 Å². The minimum Gasteiger partial charge on any atom is -0.293 e. The van der Waals surface area contributed by atoms with E-state index in [1.807, 2.05) is 0 Å². The minimum absolute atomic E-state index is 0.186. The van der Waals surface area contributed by atoms with Crippen LogP contribution in [0.3, 0.4) is 0 Å². The van der Waals surface area contributed by atoms with Gasteiger partial charge in [0.2, 0.25) is 0 Å².